The van der Waals surface area contributed by atoms with Gasteiger partial charge in [0, 0.05) is 6.04 Å². The lowest BCUT2D eigenvalue weighted by atomic mass is 9.89. The molecule has 2 heteroatoms. The summed E-state index contributed by atoms with van der Waals surface area (Å²) in [4.78, 5) is 0. The lowest BCUT2D eigenvalue weighted by Crippen LogP contribution is -2.27. The van der Waals surface area contributed by atoms with Crippen molar-refractivity contribution in [3.63, 3.8) is 0 Å². The molecule has 1 atom stereocenters. The van der Waals surface area contributed by atoms with Crippen LogP contribution < -0.4 is 5.32 Å². The molecule has 1 aliphatic carbocycles. The Hall–Kier alpha value is -0.890. The molecule has 2 rings (SSSR count). The fourth-order valence-corrected chi connectivity index (χ4v) is 2.60. The lowest BCUT2D eigenvalue weighted by Gasteiger charge is -2.24. The largest absolute Gasteiger partial charge is 0.310 e. The molecule has 0 aliphatic heterocycles. The van der Waals surface area contributed by atoms with Gasteiger partial charge >= 0.3 is 0 Å². The van der Waals surface area contributed by atoms with Gasteiger partial charge < -0.3 is 5.32 Å². The number of nitrogens with one attached hydrogen (secondary N) is 1. The predicted molar refractivity (Wildman–Crippen MR) is 69.4 cm³/mol. The van der Waals surface area contributed by atoms with Gasteiger partial charge in [0.05, 0.1) is 0 Å². The summed E-state index contributed by atoms with van der Waals surface area (Å²) in [7, 11) is 0. The van der Waals surface area contributed by atoms with Crippen molar-refractivity contribution in [3.05, 3.63) is 35.6 Å². The fraction of sp³-hybridized carbons (Fsp3) is 0.600. The van der Waals surface area contributed by atoms with Crippen LogP contribution in [0.3, 0.4) is 0 Å². The molecule has 0 spiro atoms. The van der Waals surface area contributed by atoms with Crippen LogP contribution in [0.2, 0.25) is 0 Å². The van der Waals surface area contributed by atoms with Gasteiger partial charge in [-0.2, -0.15) is 0 Å². The first-order valence-corrected chi connectivity index (χ1v) is 6.74. The molecular formula is C15H22FN. The lowest BCUT2D eigenvalue weighted by molar-refractivity contribution is 0.331. The fourth-order valence-electron chi connectivity index (χ4n) is 2.60. The van der Waals surface area contributed by atoms with Gasteiger partial charge in [-0.3, -0.25) is 0 Å². The Morgan fingerprint density at radius 2 is 1.82 bits per heavy atom. The molecule has 0 amide bonds. The van der Waals surface area contributed by atoms with Crippen LogP contribution in [-0.4, -0.2) is 6.54 Å². The van der Waals surface area contributed by atoms with E-state index in [1.807, 2.05) is 12.1 Å². The second-order valence-electron chi connectivity index (χ2n) is 5.19. The second kappa shape index (κ2) is 6.15. The molecule has 1 aromatic rings. The number of benzene rings is 1. The van der Waals surface area contributed by atoms with E-state index in [1.165, 1.54) is 49.8 Å². The van der Waals surface area contributed by atoms with Crippen molar-refractivity contribution in [2.24, 2.45) is 5.92 Å². The van der Waals surface area contributed by atoms with Crippen molar-refractivity contribution in [1.82, 2.24) is 5.32 Å². The molecule has 0 unspecified atom stereocenters. The smallest absolute Gasteiger partial charge is 0.123 e. The Morgan fingerprint density at radius 3 is 2.47 bits per heavy atom. The molecule has 1 fully saturated rings. The van der Waals surface area contributed by atoms with Gasteiger partial charge in [0.15, 0.2) is 0 Å². The molecule has 94 valence electrons. The highest BCUT2D eigenvalue weighted by Gasteiger charge is 2.14. The zero-order chi connectivity index (χ0) is 12.1. The number of hydrogen-bond acceptors (Lipinski definition) is 1. The average molecular weight is 235 g/mol. The van der Waals surface area contributed by atoms with E-state index in [-0.39, 0.29) is 5.82 Å². The van der Waals surface area contributed by atoms with E-state index >= 15 is 0 Å². The van der Waals surface area contributed by atoms with Crippen LogP contribution in [0.15, 0.2) is 24.3 Å². The molecule has 1 nitrogen and oxygen atoms in total. The Balaban J connectivity index is 1.80. The summed E-state index contributed by atoms with van der Waals surface area (Å²) in [6.07, 6.45) is 6.91. The third-order valence-corrected chi connectivity index (χ3v) is 3.81. The SMILES string of the molecule is C[C@@H](NCC1CCCCC1)c1ccc(F)cc1. The molecule has 1 aliphatic rings. The van der Waals surface area contributed by atoms with E-state index in [9.17, 15) is 4.39 Å². The average Bonchev–Trinajstić information content (AvgIpc) is 2.38. The highest BCUT2D eigenvalue weighted by atomic mass is 19.1. The maximum Gasteiger partial charge on any atom is 0.123 e. The Kier molecular flexibility index (Phi) is 4.55. The molecule has 0 bridgehead atoms. The minimum Gasteiger partial charge on any atom is -0.310 e. The quantitative estimate of drug-likeness (QED) is 0.830. The van der Waals surface area contributed by atoms with Crippen LogP contribution >= 0.6 is 0 Å². The zero-order valence-electron chi connectivity index (χ0n) is 10.6. The molecule has 1 aromatic carbocycles. The summed E-state index contributed by atoms with van der Waals surface area (Å²) in [5.74, 6) is 0.680. The van der Waals surface area contributed by atoms with E-state index in [2.05, 4.69) is 12.2 Å². The molecule has 1 N–H and O–H groups in total. The van der Waals surface area contributed by atoms with Crippen LogP contribution in [0, 0.1) is 11.7 Å². The molecule has 0 saturated heterocycles. The normalized spacial score (nSPS) is 19.2. The summed E-state index contributed by atoms with van der Waals surface area (Å²) >= 11 is 0. The van der Waals surface area contributed by atoms with Gasteiger partial charge in [0.1, 0.15) is 5.82 Å². The van der Waals surface area contributed by atoms with Gasteiger partial charge in [-0.25, -0.2) is 4.39 Å². The molecule has 1 saturated carbocycles. The van der Waals surface area contributed by atoms with Gasteiger partial charge in [0.2, 0.25) is 0 Å². The standard InChI is InChI=1S/C15H22FN/c1-12(14-7-9-15(16)10-8-14)17-11-13-5-3-2-4-6-13/h7-10,12-13,17H,2-6,11H2,1H3/t12-/m1/s1. The van der Waals surface area contributed by atoms with Gasteiger partial charge in [-0.15, -0.1) is 0 Å². The highest BCUT2D eigenvalue weighted by Crippen LogP contribution is 2.23. The van der Waals surface area contributed by atoms with Crippen molar-refractivity contribution in [3.8, 4) is 0 Å². The van der Waals surface area contributed by atoms with E-state index < -0.39 is 0 Å². The van der Waals surface area contributed by atoms with Crippen molar-refractivity contribution in [1.29, 1.82) is 0 Å². The highest BCUT2D eigenvalue weighted by molar-refractivity contribution is 5.19. The molecule has 17 heavy (non-hydrogen) atoms. The maximum absolute atomic E-state index is 12.8. The maximum atomic E-state index is 12.8. The number of halogens is 1. The van der Waals surface area contributed by atoms with Crippen molar-refractivity contribution in [2.45, 2.75) is 45.1 Å². The first-order valence-electron chi connectivity index (χ1n) is 6.74. The van der Waals surface area contributed by atoms with Crippen LogP contribution in [0.25, 0.3) is 0 Å². The van der Waals surface area contributed by atoms with Crippen LogP contribution in [-0.2, 0) is 0 Å². The molecular weight excluding hydrogens is 213 g/mol. The first-order chi connectivity index (χ1) is 8.25. The Morgan fingerprint density at radius 1 is 1.18 bits per heavy atom. The summed E-state index contributed by atoms with van der Waals surface area (Å²) in [6, 6.07) is 7.13. The molecule has 0 radical (unpaired) electrons. The summed E-state index contributed by atoms with van der Waals surface area (Å²) in [5.41, 5.74) is 1.17. The predicted octanol–water partition coefficient (Wildman–Crippen LogP) is 4.06. The summed E-state index contributed by atoms with van der Waals surface area (Å²) in [5, 5.41) is 3.57. The van der Waals surface area contributed by atoms with Gasteiger partial charge in [-0.05, 0) is 49.9 Å². The van der Waals surface area contributed by atoms with Crippen LogP contribution in [0.1, 0.15) is 50.6 Å². The zero-order valence-corrected chi connectivity index (χ0v) is 10.6. The van der Waals surface area contributed by atoms with E-state index in [0.29, 0.717) is 6.04 Å². The minimum absolute atomic E-state index is 0.159. The van der Waals surface area contributed by atoms with Crippen molar-refractivity contribution < 1.29 is 4.39 Å². The van der Waals surface area contributed by atoms with E-state index in [4.69, 9.17) is 0 Å². The molecule has 0 aromatic heterocycles. The van der Waals surface area contributed by atoms with E-state index in [0.717, 1.165) is 12.5 Å². The number of rotatable bonds is 4. The van der Waals surface area contributed by atoms with Gasteiger partial charge in [0.25, 0.3) is 0 Å². The first kappa shape index (κ1) is 12.6. The van der Waals surface area contributed by atoms with Crippen LogP contribution in [0.5, 0.6) is 0 Å². The summed E-state index contributed by atoms with van der Waals surface area (Å²) in [6.45, 7) is 3.24. The monoisotopic (exact) mass is 235 g/mol. The van der Waals surface area contributed by atoms with E-state index in [1.54, 1.807) is 0 Å². The minimum atomic E-state index is -0.159. The Labute approximate surface area is 103 Å². The van der Waals surface area contributed by atoms with Crippen molar-refractivity contribution >= 4 is 0 Å². The van der Waals surface area contributed by atoms with Crippen molar-refractivity contribution in [2.75, 3.05) is 6.54 Å². The third-order valence-electron chi connectivity index (χ3n) is 3.81. The molecule has 0 heterocycles. The third kappa shape index (κ3) is 3.81. The van der Waals surface area contributed by atoms with Gasteiger partial charge in [-0.1, -0.05) is 31.4 Å². The summed E-state index contributed by atoms with van der Waals surface area (Å²) < 4.78 is 12.8. The topological polar surface area (TPSA) is 12.0 Å². The van der Waals surface area contributed by atoms with Crippen LogP contribution in [0.4, 0.5) is 4.39 Å². The second-order valence-corrected chi connectivity index (χ2v) is 5.19. The Bertz CT molecular complexity index is 327. The number of hydrogen-bond donors (Lipinski definition) is 1.